The number of nitrogens with one attached hydrogen (secondary N) is 3. The Morgan fingerprint density at radius 3 is 2.40 bits per heavy atom. The molecule has 0 saturated carbocycles. The van der Waals surface area contributed by atoms with Gasteiger partial charge >= 0.3 is 6.03 Å². The second-order valence-corrected chi connectivity index (χ2v) is 12.6. The number of rotatable bonds is 17. The molecule has 3 saturated heterocycles. The molecule has 0 aliphatic carbocycles. The first kappa shape index (κ1) is 39.7. The number of nitrogens with zero attached hydrogens (tertiary/aromatic N) is 4. The number of halogens is 2. The molecule has 17 nitrogen and oxygen atoms in total. The third-order valence-electron chi connectivity index (χ3n) is 8.82. The van der Waals surface area contributed by atoms with E-state index < -0.39 is 54.9 Å². The first-order valence-electron chi connectivity index (χ1n) is 16.9. The Labute approximate surface area is 298 Å². The number of carbonyl (C=O) groups is 6. The molecule has 1 aromatic rings. The number of phenols is 1. The van der Waals surface area contributed by atoms with Crippen LogP contribution in [0.25, 0.3) is 0 Å². The Kier molecular flexibility index (Phi) is 14.5. The molecule has 0 spiro atoms. The summed E-state index contributed by atoms with van der Waals surface area (Å²) >= 11 is 0. The number of ether oxygens (including phenoxy) is 3. The summed E-state index contributed by atoms with van der Waals surface area (Å²) in [7, 11) is 0. The number of piperazine rings is 1. The number of hydrogen-bond acceptors (Lipinski definition) is 11. The van der Waals surface area contributed by atoms with Crippen LogP contribution in [-0.2, 0) is 44.6 Å². The van der Waals surface area contributed by atoms with Crippen LogP contribution in [0.3, 0.4) is 0 Å². The molecule has 52 heavy (non-hydrogen) atoms. The highest BCUT2D eigenvalue weighted by Crippen LogP contribution is 2.33. The molecule has 3 heterocycles. The van der Waals surface area contributed by atoms with Crippen molar-refractivity contribution in [2.24, 2.45) is 5.92 Å². The summed E-state index contributed by atoms with van der Waals surface area (Å²) in [6, 6.07) is 5.28. The molecule has 1 aromatic carbocycles. The zero-order chi connectivity index (χ0) is 37.7. The second-order valence-electron chi connectivity index (χ2n) is 12.6. The number of likely N-dealkylation sites (tertiary alicyclic amines) is 1. The van der Waals surface area contributed by atoms with E-state index in [1.54, 1.807) is 23.1 Å². The van der Waals surface area contributed by atoms with Gasteiger partial charge in [0, 0.05) is 57.9 Å². The highest BCUT2D eigenvalue weighted by molar-refractivity contribution is 5.94. The highest BCUT2D eigenvalue weighted by atomic mass is 19.3. The van der Waals surface area contributed by atoms with Gasteiger partial charge in [-0.15, -0.1) is 0 Å². The van der Waals surface area contributed by atoms with Gasteiger partial charge in [0.15, 0.2) is 6.23 Å². The minimum atomic E-state index is -3.18. The van der Waals surface area contributed by atoms with Gasteiger partial charge in [-0.25, -0.2) is 13.6 Å². The summed E-state index contributed by atoms with van der Waals surface area (Å²) in [6.07, 6.45) is -1.60. The smallest absolute Gasteiger partial charge is 0.317 e. The van der Waals surface area contributed by atoms with Gasteiger partial charge in [0.25, 0.3) is 12.4 Å². The molecule has 284 valence electrons. The van der Waals surface area contributed by atoms with Crippen LogP contribution < -0.4 is 16.0 Å². The number of aromatic hydroxyl groups is 1. The lowest BCUT2D eigenvalue weighted by Gasteiger charge is -2.35. The van der Waals surface area contributed by atoms with E-state index in [1.165, 1.54) is 17.0 Å². The van der Waals surface area contributed by atoms with Crippen LogP contribution in [0.1, 0.15) is 31.2 Å². The quantitative estimate of drug-likeness (QED) is 0.0906. The molecule has 3 aliphatic rings. The number of phenolic OH excluding ortho intramolecular Hbond substituents is 1. The Balaban J connectivity index is 1.03. The molecule has 0 bridgehead atoms. The first-order chi connectivity index (χ1) is 24.9. The second kappa shape index (κ2) is 18.9. The van der Waals surface area contributed by atoms with Gasteiger partial charge in [-0.05, 0) is 24.1 Å². The van der Waals surface area contributed by atoms with Crippen LogP contribution in [0.5, 0.6) is 5.75 Å². The Morgan fingerprint density at radius 1 is 1.06 bits per heavy atom. The minimum Gasteiger partial charge on any atom is -0.508 e. The third kappa shape index (κ3) is 11.7. The summed E-state index contributed by atoms with van der Waals surface area (Å²) in [6.45, 7) is 1.32. The largest absolute Gasteiger partial charge is 0.508 e. The molecule has 4 atom stereocenters. The average Bonchev–Trinajstić information content (AvgIpc) is 3.65. The number of benzene rings is 1. The highest BCUT2D eigenvalue weighted by Gasteiger charge is 2.50. The lowest BCUT2D eigenvalue weighted by atomic mass is 9.99. The van der Waals surface area contributed by atoms with E-state index in [0.717, 1.165) is 10.5 Å². The lowest BCUT2D eigenvalue weighted by Crippen LogP contribution is -2.53. The molecule has 3 aliphatic heterocycles. The van der Waals surface area contributed by atoms with E-state index in [2.05, 4.69) is 16.0 Å². The van der Waals surface area contributed by atoms with Crippen molar-refractivity contribution in [1.29, 1.82) is 5.26 Å². The van der Waals surface area contributed by atoms with Gasteiger partial charge < -0.3 is 50.0 Å². The van der Waals surface area contributed by atoms with E-state index >= 15 is 0 Å². The summed E-state index contributed by atoms with van der Waals surface area (Å²) < 4.78 is 43.4. The Hall–Kier alpha value is -5.09. The van der Waals surface area contributed by atoms with Gasteiger partial charge in [0.2, 0.25) is 23.6 Å². The normalized spacial score (nSPS) is 21.5. The first-order valence-corrected chi connectivity index (χ1v) is 16.9. The van der Waals surface area contributed by atoms with Crippen molar-refractivity contribution in [2.45, 2.75) is 56.3 Å². The van der Waals surface area contributed by atoms with Crippen LogP contribution in [0.4, 0.5) is 13.6 Å². The average molecular weight is 736 g/mol. The summed E-state index contributed by atoms with van der Waals surface area (Å²) in [5.74, 6) is -5.90. The van der Waals surface area contributed by atoms with Gasteiger partial charge in [-0.1, -0.05) is 12.1 Å². The number of alkyl halides is 2. The van der Waals surface area contributed by atoms with Crippen LogP contribution >= 0.6 is 0 Å². The van der Waals surface area contributed by atoms with Crippen molar-refractivity contribution >= 4 is 36.1 Å². The fourth-order valence-corrected chi connectivity index (χ4v) is 6.07. The minimum absolute atomic E-state index is 0.0236. The molecular formula is C33H43F2N7O10. The Bertz CT molecular complexity index is 1470. The van der Waals surface area contributed by atoms with Gasteiger partial charge in [0.05, 0.1) is 45.5 Å². The molecule has 0 unspecified atom stereocenters. The van der Waals surface area contributed by atoms with E-state index in [4.69, 9.17) is 14.2 Å². The summed E-state index contributed by atoms with van der Waals surface area (Å²) in [5, 5.41) is 26.4. The predicted molar refractivity (Wildman–Crippen MR) is 174 cm³/mol. The van der Waals surface area contributed by atoms with Gasteiger partial charge in [-0.2, -0.15) is 5.26 Å². The van der Waals surface area contributed by atoms with Crippen molar-refractivity contribution in [3.05, 3.63) is 29.8 Å². The fraction of sp³-hybridized carbons (Fsp3) is 0.606. The van der Waals surface area contributed by atoms with Crippen LogP contribution in [-0.4, -0.2) is 146 Å². The maximum Gasteiger partial charge on any atom is 0.317 e. The molecule has 0 radical (unpaired) electrons. The third-order valence-corrected chi connectivity index (χ3v) is 8.82. The summed E-state index contributed by atoms with van der Waals surface area (Å²) in [5.41, 5.74) is 0.751. The number of hydrogen-bond donors (Lipinski definition) is 4. The summed E-state index contributed by atoms with van der Waals surface area (Å²) in [4.78, 5) is 77.7. The van der Waals surface area contributed by atoms with Crippen molar-refractivity contribution in [3.63, 3.8) is 0 Å². The number of amides is 6. The van der Waals surface area contributed by atoms with Gasteiger partial charge in [0.1, 0.15) is 17.8 Å². The molecule has 3 fully saturated rings. The van der Waals surface area contributed by atoms with Crippen molar-refractivity contribution < 1.29 is 56.9 Å². The van der Waals surface area contributed by atoms with E-state index in [1.807, 2.05) is 0 Å². The van der Waals surface area contributed by atoms with Crippen LogP contribution in [0, 0.1) is 17.2 Å². The number of carbonyl (C=O) groups excluding carboxylic acids is 6. The number of urea groups is 1. The van der Waals surface area contributed by atoms with E-state index in [0.29, 0.717) is 0 Å². The van der Waals surface area contributed by atoms with E-state index in [-0.39, 0.29) is 115 Å². The van der Waals surface area contributed by atoms with Crippen molar-refractivity contribution in [1.82, 2.24) is 30.7 Å². The zero-order valence-corrected chi connectivity index (χ0v) is 28.5. The topological polar surface area (TPSA) is 220 Å². The molecule has 4 N–H and O–H groups in total. The van der Waals surface area contributed by atoms with Crippen LogP contribution in [0.15, 0.2) is 24.3 Å². The monoisotopic (exact) mass is 735 g/mol. The van der Waals surface area contributed by atoms with E-state index in [9.17, 15) is 47.9 Å². The predicted octanol–water partition coefficient (Wildman–Crippen LogP) is -0.518. The number of nitriles is 1. The van der Waals surface area contributed by atoms with Crippen molar-refractivity contribution in [2.75, 3.05) is 65.7 Å². The molecule has 19 heteroatoms. The maximum atomic E-state index is 13.8. The van der Waals surface area contributed by atoms with Crippen LogP contribution in [0.2, 0.25) is 0 Å². The van der Waals surface area contributed by atoms with Gasteiger partial charge in [-0.3, -0.25) is 24.0 Å². The maximum absolute atomic E-state index is 13.8. The zero-order valence-electron chi connectivity index (χ0n) is 28.5. The lowest BCUT2D eigenvalue weighted by molar-refractivity contribution is -0.139. The molecule has 0 aromatic heterocycles. The Morgan fingerprint density at radius 2 is 1.73 bits per heavy atom. The standard InChI is InChI=1S/C33H43F2N7O10/c34-33(35)18-24(19-36)42(20-33)31(48)26-16-23(30(47)38-26)17-29(46)40-7-9-41(10-8-40)32(49)37-6-12-51-14-13-50-11-5-27(45)39-28(52-21-43)15-22-1-3-25(44)4-2-22/h1-4,21,23-24,26,28,44H,5-18,20H2,(H,37,49)(H,38,47)(H,39,45)/t23-,24-,26-,28+/m0/s1. The van der Waals surface area contributed by atoms with Crippen molar-refractivity contribution in [3.8, 4) is 11.8 Å². The molecule has 6 amide bonds. The SMILES string of the molecule is N#C[C@@H]1CC(F)(F)CN1C(=O)[C@@H]1C[C@@H](CC(=O)N2CCN(C(=O)NCCOCCOCCC(=O)N[C@@H](Cc3ccc(O)cc3)OC=O)CC2)C(=O)N1. The molecular weight excluding hydrogens is 692 g/mol. The fourth-order valence-electron chi connectivity index (χ4n) is 6.07. The molecule has 4 rings (SSSR count).